The molecular weight excluding hydrogens is 366 g/mol. The lowest BCUT2D eigenvalue weighted by Crippen LogP contribution is -2.14. The fourth-order valence-electron chi connectivity index (χ4n) is 2.52. The first kappa shape index (κ1) is 17.5. The molecule has 6 heteroatoms. The molecule has 0 amide bonds. The normalized spacial score (nSPS) is 14.8. The van der Waals surface area contributed by atoms with Crippen molar-refractivity contribution in [2.24, 2.45) is 0 Å². The van der Waals surface area contributed by atoms with Crippen LogP contribution in [0.3, 0.4) is 0 Å². The largest absolute Gasteiger partial charge is 0.272 e. The summed E-state index contributed by atoms with van der Waals surface area (Å²) in [4.78, 5) is 5.52. The van der Waals surface area contributed by atoms with Gasteiger partial charge in [0.1, 0.15) is 0 Å². The Morgan fingerprint density at radius 1 is 1.27 bits per heavy atom. The molecule has 1 aliphatic heterocycles. The summed E-state index contributed by atoms with van der Waals surface area (Å²) in [5.41, 5.74) is 5.15. The van der Waals surface area contributed by atoms with Crippen molar-refractivity contribution in [3.05, 3.63) is 33.8 Å². The lowest BCUT2D eigenvalue weighted by atomic mass is 10.1. The maximum atomic E-state index is 12.7. The van der Waals surface area contributed by atoms with Gasteiger partial charge in [0.15, 0.2) is 9.84 Å². The molecule has 0 aliphatic carbocycles. The van der Waals surface area contributed by atoms with Crippen LogP contribution >= 0.6 is 15.9 Å². The third-order valence-electron chi connectivity index (χ3n) is 3.78. The van der Waals surface area contributed by atoms with Gasteiger partial charge < -0.3 is 0 Å². The second kappa shape index (κ2) is 7.62. The first-order valence-electron chi connectivity index (χ1n) is 7.57. The van der Waals surface area contributed by atoms with E-state index in [0.717, 1.165) is 35.0 Å². The number of unbranched alkanes of at least 4 members (excludes halogenated alkanes) is 3. The van der Waals surface area contributed by atoms with Crippen molar-refractivity contribution in [3.63, 3.8) is 0 Å². The number of halogens is 1. The molecule has 1 aromatic carbocycles. The number of benzene rings is 1. The van der Waals surface area contributed by atoms with Gasteiger partial charge >= 0.3 is 0 Å². The minimum absolute atomic E-state index is 0.190. The van der Waals surface area contributed by atoms with Crippen LogP contribution in [-0.4, -0.2) is 20.8 Å². The second-order valence-corrected chi connectivity index (χ2v) is 8.39. The maximum Gasteiger partial charge on any atom is 0.179 e. The third kappa shape index (κ3) is 3.91. The second-order valence-electron chi connectivity index (χ2n) is 5.46. The number of nitrogens with one attached hydrogen (secondary N) is 1. The van der Waals surface area contributed by atoms with Crippen LogP contribution in [0.1, 0.15) is 43.7 Å². The number of hydroxylamine groups is 1. The number of hydrogen-bond donors (Lipinski definition) is 1. The Labute approximate surface area is 140 Å². The number of sulfone groups is 1. The molecule has 1 aliphatic rings. The van der Waals surface area contributed by atoms with E-state index in [-0.39, 0.29) is 5.75 Å². The highest BCUT2D eigenvalue weighted by Gasteiger charge is 2.24. The summed E-state index contributed by atoms with van der Waals surface area (Å²) in [6.45, 7) is 4.47. The van der Waals surface area contributed by atoms with Crippen LogP contribution in [0.5, 0.6) is 0 Å². The summed E-state index contributed by atoms with van der Waals surface area (Å²) in [7, 11) is -3.31. The van der Waals surface area contributed by atoms with E-state index >= 15 is 0 Å². The molecule has 0 saturated heterocycles. The zero-order valence-electron chi connectivity index (χ0n) is 13.0. The molecule has 4 nitrogen and oxygen atoms in total. The summed E-state index contributed by atoms with van der Waals surface area (Å²) in [5, 5.41) is 0. The highest BCUT2D eigenvalue weighted by molar-refractivity contribution is 9.10. The molecule has 22 heavy (non-hydrogen) atoms. The summed E-state index contributed by atoms with van der Waals surface area (Å²) >= 11 is 3.48. The Hall–Kier alpha value is -0.850. The Bertz CT molecular complexity index is 668. The molecule has 0 unspecified atom stereocenters. The number of rotatable bonds is 7. The van der Waals surface area contributed by atoms with Crippen molar-refractivity contribution in [2.75, 3.05) is 12.4 Å². The molecule has 0 bridgehead atoms. The Kier molecular flexibility index (Phi) is 6.06. The minimum atomic E-state index is -3.31. The third-order valence-corrected chi connectivity index (χ3v) is 6.48. The fourth-order valence-corrected chi connectivity index (χ4v) is 4.51. The average Bonchev–Trinajstić information content (AvgIpc) is 3.00. The SMILES string of the molecule is CCCCCCS(=O)(=O)c1ccc(Br)c(C)c1C1=CCON1. The van der Waals surface area contributed by atoms with E-state index in [4.69, 9.17) is 4.84 Å². The standard InChI is InChI=1S/C16H22BrNO3S/c1-3-4-5-6-11-22(19,20)15-8-7-13(17)12(2)16(15)14-9-10-21-18-14/h7-9,18H,3-6,10-11H2,1-2H3. The Morgan fingerprint density at radius 2 is 2.05 bits per heavy atom. The molecule has 2 rings (SSSR count). The van der Waals surface area contributed by atoms with Gasteiger partial charge in [0.05, 0.1) is 23.0 Å². The van der Waals surface area contributed by atoms with Gasteiger partial charge in [-0.2, -0.15) is 0 Å². The van der Waals surface area contributed by atoms with Crippen molar-refractivity contribution in [3.8, 4) is 0 Å². The molecule has 1 aromatic rings. The smallest absolute Gasteiger partial charge is 0.179 e. The highest BCUT2D eigenvalue weighted by Crippen LogP contribution is 2.32. The summed E-state index contributed by atoms with van der Waals surface area (Å²) in [6.07, 6.45) is 5.68. The lowest BCUT2D eigenvalue weighted by molar-refractivity contribution is 0.121. The van der Waals surface area contributed by atoms with Gasteiger partial charge in [-0.25, -0.2) is 8.42 Å². The zero-order chi connectivity index (χ0) is 16.2. The van der Waals surface area contributed by atoms with Crippen LogP contribution in [-0.2, 0) is 14.7 Å². The molecule has 1 heterocycles. The topological polar surface area (TPSA) is 55.4 Å². The van der Waals surface area contributed by atoms with Gasteiger partial charge in [0.25, 0.3) is 0 Å². The van der Waals surface area contributed by atoms with E-state index in [0.29, 0.717) is 23.5 Å². The highest BCUT2D eigenvalue weighted by atomic mass is 79.9. The summed E-state index contributed by atoms with van der Waals surface area (Å²) < 4.78 is 26.3. The number of hydrogen-bond acceptors (Lipinski definition) is 4. The Morgan fingerprint density at radius 3 is 2.68 bits per heavy atom. The predicted octanol–water partition coefficient (Wildman–Crippen LogP) is 3.99. The molecular formula is C16H22BrNO3S. The van der Waals surface area contributed by atoms with Crippen molar-refractivity contribution in [1.29, 1.82) is 0 Å². The van der Waals surface area contributed by atoms with Crippen molar-refractivity contribution >= 4 is 31.5 Å². The molecule has 0 spiro atoms. The monoisotopic (exact) mass is 387 g/mol. The van der Waals surface area contributed by atoms with Gasteiger partial charge in [-0.1, -0.05) is 42.1 Å². The van der Waals surface area contributed by atoms with Crippen LogP contribution in [0.2, 0.25) is 0 Å². The molecule has 122 valence electrons. The first-order valence-corrected chi connectivity index (χ1v) is 10.0. The van der Waals surface area contributed by atoms with Crippen LogP contribution < -0.4 is 5.48 Å². The van der Waals surface area contributed by atoms with Crippen molar-refractivity contribution < 1.29 is 13.3 Å². The molecule has 0 atom stereocenters. The Balaban J connectivity index is 2.35. The van der Waals surface area contributed by atoms with E-state index in [2.05, 4.69) is 28.3 Å². The molecule has 0 fully saturated rings. The van der Waals surface area contributed by atoms with Crippen LogP contribution in [0.25, 0.3) is 5.70 Å². The van der Waals surface area contributed by atoms with Crippen LogP contribution in [0.15, 0.2) is 27.6 Å². The van der Waals surface area contributed by atoms with E-state index in [1.807, 2.05) is 13.0 Å². The quantitative estimate of drug-likeness (QED) is 0.718. The van der Waals surface area contributed by atoms with Gasteiger partial charge in [-0.3, -0.25) is 10.3 Å². The average molecular weight is 388 g/mol. The van der Waals surface area contributed by atoms with Gasteiger partial charge in [-0.15, -0.1) is 0 Å². The minimum Gasteiger partial charge on any atom is -0.272 e. The molecule has 0 radical (unpaired) electrons. The fraction of sp³-hybridized carbons (Fsp3) is 0.500. The molecule has 0 aromatic heterocycles. The maximum absolute atomic E-state index is 12.7. The van der Waals surface area contributed by atoms with E-state index < -0.39 is 9.84 Å². The zero-order valence-corrected chi connectivity index (χ0v) is 15.4. The van der Waals surface area contributed by atoms with Crippen LogP contribution in [0.4, 0.5) is 0 Å². The van der Waals surface area contributed by atoms with Crippen molar-refractivity contribution in [2.45, 2.75) is 44.4 Å². The van der Waals surface area contributed by atoms with Gasteiger partial charge in [-0.05, 0) is 37.1 Å². The first-order chi connectivity index (χ1) is 10.5. The lowest BCUT2D eigenvalue weighted by Gasteiger charge is -2.15. The van der Waals surface area contributed by atoms with E-state index in [1.165, 1.54) is 0 Å². The van der Waals surface area contributed by atoms with Crippen LogP contribution in [0, 0.1) is 6.92 Å². The summed E-state index contributed by atoms with van der Waals surface area (Å²) in [5.74, 6) is 0.190. The van der Waals surface area contributed by atoms with Gasteiger partial charge in [0.2, 0.25) is 0 Å². The molecule has 0 saturated carbocycles. The van der Waals surface area contributed by atoms with Gasteiger partial charge in [0, 0.05) is 10.0 Å². The predicted molar refractivity (Wildman–Crippen MR) is 92.1 cm³/mol. The molecule has 1 N–H and O–H groups in total. The van der Waals surface area contributed by atoms with Crippen molar-refractivity contribution in [1.82, 2.24) is 5.48 Å². The van der Waals surface area contributed by atoms with E-state index in [1.54, 1.807) is 12.1 Å². The summed E-state index contributed by atoms with van der Waals surface area (Å²) in [6, 6.07) is 3.48. The van der Waals surface area contributed by atoms with E-state index in [9.17, 15) is 8.42 Å².